The number of rotatable bonds is 8. The number of hydrogen-bond donors (Lipinski definition) is 2. The number of amides is 2. The van der Waals surface area contributed by atoms with Crippen molar-refractivity contribution in [3.63, 3.8) is 0 Å². The lowest BCUT2D eigenvalue weighted by Gasteiger charge is -2.11. The summed E-state index contributed by atoms with van der Waals surface area (Å²) in [7, 11) is 0. The number of pyridine rings is 1. The van der Waals surface area contributed by atoms with E-state index in [1.54, 1.807) is 42.6 Å². The first-order valence-corrected chi connectivity index (χ1v) is 9.05. The van der Waals surface area contributed by atoms with Gasteiger partial charge in [-0.3, -0.25) is 14.6 Å². The smallest absolute Gasteiger partial charge is 0.272 e. The summed E-state index contributed by atoms with van der Waals surface area (Å²) in [6.07, 6.45) is 6.71. The van der Waals surface area contributed by atoms with Crippen LogP contribution in [0.15, 0.2) is 53.9 Å². The average Bonchev–Trinajstić information content (AvgIpc) is 3.26. The second-order valence-corrected chi connectivity index (χ2v) is 6.24. The van der Waals surface area contributed by atoms with Crippen LogP contribution in [0, 0.1) is 0 Å². The number of ether oxygens (including phenoxy) is 2. The number of hydrazone groups is 1. The topological polar surface area (TPSA) is 102 Å². The van der Waals surface area contributed by atoms with Crippen LogP contribution in [-0.2, 0) is 9.53 Å². The van der Waals surface area contributed by atoms with Crippen molar-refractivity contribution in [1.29, 1.82) is 0 Å². The predicted molar refractivity (Wildman–Crippen MR) is 103 cm³/mol. The van der Waals surface area contributed by atoms with Gasteiger partial charge in [0.1, 0.15) is 5.75 Å². The molecule has 0 aliphatic carbocycles. The molecule has 8 heteroatoms. The Labute approximate surface area is 163 Å². The first-order valence-electron chi connectivity index (χ1n) is 9.05. The Hall–Kier alpha value is -3.26. The normalized spacial score (nSPS) is 16.1. The highest BCUT2D eigenvalue weighted by Crippen LogP contribution is 2.12. The first-order chi connectivity index (χ1) is 13.7. The Morgan fingerprint density at radius 3 is 2.86 bits per heavy atom. The van der Waals surface area contributed by atoms with Gasteiger partial charge in [0, 0.05) is 25.5 Å². The molecule has 3 rings (SSSR count). The minimum atomic E-state index is -0.335. The van der Waals surface area contributed by atoms with Gasteiger partial charge in [-0.05, 0) is 54.8 Å². The van der Waals surface area contributed by atoms with Gasteiger partial charge in [-0.2, -0.15) is 5.10 Å². The van der Waals surface area contributed by atoms with Crippen molar-refractivity contribution >= 4 is 18.0 Å². The van der Waals surface area contributed by atoms with Crippen LogP contribution < -0.4 is 15.5 Å². The van der Waals surface area contributed by atoms with E-state index in [0.717, 1.165) is 25.0 Å². The summed E-state index contributed by atoms with van der Waals surface area (Å²) in [5.41, 5.74) is 3.65. The molecule has 1 aromatic carbocycles. The Morgan fingerprint density at radius 2 is 2.14 bits per heavy atom. The van der Waals surface area contributed by atoms with Crippen molar-refractivity contribution in [3.8, 4) is 5.75 Å². The number of carbonyl (C=O) groups is 2. The summed E-state index contributed by atoms with van der Waals surface area (Å²) < 4.78 is 10.9. The Morgan fingerprint density at radius 1 is 1.29 bits per heavy atom. The van der Waals surface area contributed by atoms with E-state index in [1.165, 1.54) is 12.4 Å². The van der Waals surface area contributed by atoms with Gasteiger partial charge in [-0.25, -0.2) is 5.43 Å². The lowest BCUT2D eigenvalue weighted by atomic mass is 10.2. The highest BCUT2D eigenvalue weighted by Gasteiger charge is 2.16. The third-order valence-corrected chi connectivity index (χ3v) is 4.10. The maximum absolute atomic E-state index is 11.8. The van der Waals surface area contributed by atoms with E-state index in [4.69, 9.17) is 9.47 Å². The van der Waals surface area contributed by atoms with Crippen LogP contribution in [0.5, 0.6) is 5.75 Å². The van der Waals surface area contributed by atoms with Crippen LogP contribution in [0.1, 0.15) is 28.8 Å². The van der Waals surface area contributed by atoms with E-state index in [-0.39, 0.29) is 24.5 Å². The summed E-state index contributed by atoms with van der Waals surface area (Å²) in [5.74, 6) is 0.0568. The van der Waals surface area contributed by atoms with E-state index in [1.807, 2.05) is 0 Å². The van der Waals surface area contributed by atoms with E-state index in [2.05, 4.69) is 20.8 Å². The molecule has 8 nitrogen and oxygen atoms in total. The fraction of sp³-hybridized carbons (Fsp3) is 0.300. The first kappa shape index (κ1) is 19.5. The highest BCUT2D eigenvalue weighted by molar-refractivity contribution is 5.94. The molecule has 1 aliphatic heterocycles. The van der Waals surface area contributed by atoms with Gasteiger partial charge in [-0.1, -0.05) is 0 Å². The van der Waals surface area contributed by atoms with Crippen molar-refractivity contribution in [2.45, 2.75) is 18.9 Å². The SMILES string of the molecule is O=C(COc1ccc(/C=N/NC(=O)c2cccnc2)cc1)NCC1CCCO1. The van der Waals surface area contributed by atoms with Gasteiger partial charge in [0.15, 0.2) is 6.61 Å². The third kappa shape index (κ3) is 6.17. The quantitative estimate of drug-likeness (QED) is 0.532. The summed E-state index contributed by atoms with van der Waals surface area (Å²) in [6, 6.07) is 10.4. The maximum Gasteiger partial charge on any atom is 0.272 e. The van der Waals surface area contributed by atoms with Gasteiger partial charge < -0.3 is 14.8 Å². The van der Waals surface area contributed by atoms with Crippen molar-refractivity contribution in [3.05, 3.63) is 59.9 Å². The molecule has 146 valence electrons. The molecule has 2 heterocycles. The largest absolute Gasteiger partial charge is 0.484 e. The predicted octanol–water partition coefficient (Wildman–Crippen LogP) is 1.52. The molecule has 1 atom stereocenters. The number of benzene rings is 1. The molecule has 0 radical (unpaired) electrons. The average molecular weight is 382 g/mol. The van der Waals surface area contributed by atoms with E-state index < -0.39 is 0 Å². The van der Waals surface area contributed by atoms with Crippen molar-refractivity contribution in [2.24, 2.45) is 5.10 Å². The minimum Gasteiger partial charge on any atom is -0.484 e. The zero-order valence-corrected chi connectivity index (χ0v) is 15.3. The molecule has 0 spiro atoms. The number of carbonyl (C=O) groups excluding carboxylic acids is 2. The molecule has 1 saturated heterocycles. The molecule has 2 amide bonds. The van der Waals surface area contributed by atoms with Gasteiger partial charge in [0.2, 0.25) is 0 Å². The fourth-order valence-corrected chi connectivity index (χ4v) is 2.61. The molecular weight excluding hydrogens is 360 g/mol. The van der Waals surface area contributed by atoms with Crippen LogP contribution in [0.4, 0.5) is 0 Å². The maximum atomic E-state index is 11.8. The van der Waals surface area contributed by atoms with E-state index in [9.17, 15) is 9.59 Å². The summed E-state index contributed by atoms with van der Waals surface area (Å²) in [4.78, 5) is 27.5. The van der Waals surface area contributed by atoms with Gasteiger partial charge >= 0.3 is 0 Å². The monoisotopic (exact) mass is 382 g/mol. The van der Waals surface area contributed by atoms with Crippen LogP contribution in [0.2, 0.25) is 0 Å². The second-order valence-electron chi connectivity index (χ2n) is 6.24. The molecule has 2 N–H and O–H groups in total. The zero-order valence-electron chi connectivity index (χ0n) is 15.3. The van der Waals surface area contributed by atoms with Crippen molar-refractivity contribution in [1.82, 2.24) is 15.7 Å². The molecule has 0 bridgehead atoms. The standard InChI is InChI=1S/C20H22N4O4/c25-19(22-13-18-4-2-10-27-18)14-28-17-7-5-15(6-8-17)11-23-24-20(26)16-3-1-9-21-12-16/h1,3,5-9,11-12,18H,2,4,10,13-14H2,(H,22,25)(H,24,26)/b23-11+. The molecule has 28 heavy (non-hydrogen) atoms. The lowest BCUT2D eigenvalue weighted by molar-refractivity contribution is -0.123. The summed E-state index contributed by atoms with van der Waals surface area (Å²) in [6.45, 7) is 1.23. The van der Waals surface area contributed by atoms with E-state index >= 15 is 0 Å². The van der Waals surface area contributed by atoms with Crippen molar-refractivity contribution in [2.75, 3.05) is 19.8 Å². The minimum absolute atomic E-state index is 0.0542. The Kier molecular flexibility index (Phi) is 7.08. The van der Waals surface area contributed by atoms with Crippen LogP contribution in [-0.4, -0.2) is 48.9 Å². The van der Waals surface area contributed by atoms with Crippen LogP contribution in [0.25, 0.3) is 0 Å². The summed E-state index contributed by atoms with van der Waals surface area (Å²) in [5, 5.41) is 6.72. The number of nitrogens with one attached hydrogen (secondary N) is 2. The lowest BCUT2D eigenvalue weighted by Crippen LogP contribution is -2.35. The third-order valence-electron chi connectivity index (χ3n) is 4.10. The Bertz CT molecular complexity index is 803. The second kappa shape index (κ2) is 10.2. The van der Waals surface area contributed by atoms with E-state index in [0.29, 0.717) is 17.9 Å². The molecular formula is C20H22N4O4. The summed E-state index contributed by atoms with van der Waals surface area (Å²) >= 11 is 0. The van der Waals surface area contributed by atoms with Crippen LogP contribution in [0.3, 0.4) is 0 Å². The fourth-order valence-electron chi connectivity index (χ4n) is 2.61. The van der Waals surface area contributed by atoms with Crippen molar-refractivity contribution < 1.29 is 19.1 Å². The molecule has 2 aromatic rings. The number of hydrogen-bond acceptors (Lipinski definition) is 6. The van der Waals surface area contributed by atoms with Gasteiger partial charge in [0.25, 0.3) is 11.8 Å². The molecule has 1 unspecified atom stereocenters. The molecule has 0 saturated carbocycles. The Balaban J connectivity index is 1.39. The molecule has 1 fully saturated rings. The van der Waals surface area contributed by atoms with Gasteiger partial charge in [-0.15, -0.1) is 0 Å². The number of aromatic nitrogens is 1. The van der Waals surface area contributed by atoms with Gasteiger partial charge in [0.05, 0.1) is 17.9 Å². The molecule has 1 aliphatic rings. The number of nitrogens with zero attached hydrogens (tertiary/aromatic N) is 2. The van der Waals surface area contributed by atoms with Crippen LogP contribution >= 0.6 is 0 Å². The molecule has 1 aromatic heterocycles. The highest BCUT2D eigenvalue weighted by atomic mass is 16.5. The zero-order chi connectivity index (χ0) is 19.6.